The minimum Gasteiger partial charge on any atom is -0.394 e. The second-order valence-electron chi connectivity index (χ2n) is 16.9. The molecule has 7 atom stereocenters. The van der Waals surface area contributed by atoms with E-state index in [1.54, 1.807) is 6.08 Å². The van der Waals surface area contributed by atoms with Crippen LogP contribution >= 0.6 is 0 Å². The number of ether oxygens (including phenoxy) is 2. The van der Waals surface area contributed by atoms with Crippen molar-refractivity contribution in [3.05, 3.63) is 48.6 Å². The van der Waals surface area contributed by atoms with Gasteiger partial charge in [0.15, 0.2) is 6.29 Å². The summed E-state index contributed by atoms with van der Waals surface area (Å²) in [5.74, 6) is -0.209. The van der Waals surface area contributed by atoms with Crippen LogP contribution in [-0.2, 0) is 14.3 Å². The van der Waals surface area contributed by atoms with Crippen molar-refractivity contribution in [2.75, 3.05) is 13.2 Å². The number of amides is 1. The molecule has 59 heavy (non-hydrogen) atoms. The zero-order valence-corrected chi connectivity index (χ0v) is 37.7. The molecule has 1 saturated heterocycles. The minimum atomic E-state index is -1.58. The van der Waals surface area contributed by atoms with Gasteiger partial charge in [-0.25, -0.2) is 0 Å². The van der Waals surface area contributed by atoms with Crippen LogP contribution in [0.15, 0.2) is 48.6 Å². The lowest BCUT2D eigenvalue weighted by molar-refractivity contribution is -0.302. The molecule has 0 aromatic rings. The fourth-order valence-electron chi connectivity index (χ4n) is 7.42. The van der Waals surface area contributed by atoms with Crippen LogP contribution in [0, 0.1) is 0 Å². The summed E-state index contributed by atoms with van der Waals surface area (Å²) in [4.78, 5) is 12.9. The second-order valence-corrected chi connectivity index (χ2v) is 16.9. The van der Waals surface area contributed by atoms with Gasteiger partial charge in [0.25, 0.3) is 0 Å². The fourth-order valence-corrected chi connectivity index (χ4v) is 7.42. The number of unbranched alkanes of at least 4 members (excludes halogenated alkanes) is 24. The van der Waals surface area contributed by atoms with Crippen molar-refractivity contribution in [1.82, 2.24) is 5.32 Å². The highest BCUT2D eigenvalue weighted by molar-refractivity contribution is 5.76. The third kappa shape index (κ3) is 30.8. The molecule has 1 heterocycles. The molecule has 9 heteroatoms. The second kappa shape index (κ2) is 40.2. The van der Waals surface area contributed by atoms with E-state index in [1.165, 1.54) is 128 Å². The molecule has 1 rings (SSSR count). The summed E-state index contributed by atoms with van der Waals surface area (Å²) in [6.45, 7) is 3.73. The molecular weight excluding hydrogens is 743 g/mol. The number of nitrogens with one attached hydrogen (secondary N) is 1. The van der Waals surface area contributed by atoms with Crippen molar-refractivity contribution in [2.24, 2.45) is 0 Å². The summed E-state index contributed by atoms with van der Waals surface area (Å²) in [6.07, 6.45) is 44.5. The minimum absolute atomic E-state index is 0.209. The predicted molar refractivity (Wildman–Crippen MR) is 244 cm³/mol. The molecule has 1 amide bonds. The van der Waals surface area contributed by atoms with E-state index >= 15 is 0 Å². The first-order valence-electron chi connectivity index (χ1n) is 24.4. The van der Waals surface area contributed by atoms with E-state index in [2.05, 4.69) is 55.6 Å². The Balaban J connectivity index is 2.36. The fraction of sp³-hybridized carbons (Fsp3) is 0.820. The average molecular weight is 834 g/mol. The number of allylic oxidation sites excluding steroid dienone is 7. The van der Waals surface area contributed by atoms with E-state index in [0.29, 0.717) is 6.42 Å². The van der Waals surface area contributed by atoms with E-state index in [4.69, 9.17) is 9.47 Å². The summed E-state index contributed by atoms with van der Waals surface area (Å²) in [5.41, 5.74) is 0. The third-order valence-electron chi connectivity index (χ3n) is 11.4. The molecule has 1 fully saturated rings. The molecule has 0 saturated carbocycles. The Morgan fingerprint density at radius 1 is 0.559 bits per heavy atom. The van der Waals surface area contributed by atoms with Crippen LogP contribution in [0.3, 0.4) is 0 Å². The highest BCUT2D eigenvalue weighted by Crippen LogP contribution is 2.22. The van der Waals surface area contributed by atoms with Crippen molar-refractivity contribution in [2.45, 2.75) is 249 Å². The average Bonchev–Trinajstić information content (AvgIpc) is 3.23. The van der Waals surface area contributed by atoms with E-state index in [0.717, 1.165) is 57.8 Å². The van der Waals surface area contributed by atoms with Gasteiger partial charge in [-0.1, -0.05) is 178 Å². The Morgan fingerprint density at radius 3 is 1.42 bits per heavy atom. The molecule has 0 aromatic heterocycles. The van der Waals surface area contributed by atoms with E-state index in [9.17, 15) is 30.3 Å². The highest BCUT2D eigenvalue weighted by atomic mass is 16.7. The van der Waals surface area contributed by atoms with Crippen molar-refractivity contribution in [3.8, 4) is 0 Å². The van der Waals surface area contributed by atoms with Crippen molar-refractivity contribution in [1.29, 1.82) is 0 Å². The number of hydrogen-bond donors (Lipinski definition) is 6. The quantitative estimate of drug-likeness (QED) is 0.0264. The lowest BCUT2D eigenvalue weighted by atomic mass is 9.99. The molecule has 6 N–H and O–H groups in total. The predicted octanol–water partition coefficient (Wildman–Crippen LogP) is 10.6. The number of carbonyl (C=O) groups excluding carboxylic acids is 1. The lowest BCUT2D eigenvalue weighted by Gasteiger charge is -2.40. The smallest absolute Gasteiger partial charge is 0.220 e. The molecule has 0 aliphatic carbocycles. The van der Waals surface area contributed by atoms with Gasteiger partial charge in [-0.15, -0.1) is 0 Å². The maximum Gasteiger partial charge on any atom is 0.220 e. The van der Waals surface area contributed by atoms with Crippen LogP contribution in [0.4, 0.5) is 0 Å². The van der Waals surface area contributed by atoms with Gasteiger partial charge >= 0.3 is 0 Å². The maximum absolute atomic E-state index is 12.9. The highest BCUT2D eigenvalue weighted by Gasteiger charge is 2.44. The Bertz CT molecular complexity index is 1060. The van der Waals surface area contributed by atoms with Crippen LogP contribution in [-0.4, -0.2) is 87.5 Å². The van der Waals surface area contributed by atoms with E-state index in [-0.39, 0.29) is 12.5 Å². The number of hydrogen-bond acceptors (Lipinski definition) is 8. The summed E-state index contributed by atoms with van der Waals surface area (Å²) in [5, 5.41) is 54.2. The molecule has 0 spiro atoms. The standard InChI is InChI=1S/C50H91NO8/c1-3-5-7-9-11-13-15-17-18-19-20-21-22-23-24-25-26-28-29-31-33-35-37-39-44(53)43(42-58-50-49(57)48(56)47(55)45(41-52)59-50)51-46(54)40-38-36-34-32-30-27-16-14-12-10-8-6-4-2/h24-25,27,29-31,37,39,43-45,47-50,52-53,55-57H,3-23,26,28,32-36,38,40-42H2,1-2H3,(H,51,54)/b25-24+,30-27-,31-29+,39-37+. The molecular formula is C50H91NO8. The van der Waals surface area contributed by atoms with Crippen LogP contribution in [0.1, 0.15) is 206 Å². The Hall–Kier alpha value is -1.85. The van der Waals surface area contributed by atoms with Gasteiger partial charge in [0, 0.05) is 6.42 Å². The van der Waals surface area contributed by atoms with E-state index < -0.39 is 49.5 Å². The third-order valence-corrected chi connectivity index (χ3v) is 11.4. The monoisotopic (exact) mass is 834 g/mol. The molecule has 0 bridgehead atoms. The molecule has 1 aliphatic heterocycles. The summed E-state index contributed by atoms with van der Waals surface area (Å²) in [7, 11) is 0. The number of aliphatic hydroxyl groups is 5. The van der Waals surface area contributed by atoms with Gasteiger partial charge < -0.3 is 40.3 Å². The zero-order chi connectivity index (χ0) is 43.0. The molecule has 9 nitrogen and oxygen atoms in total. The van der Waals surface area contributed by atoms with Crippen LogP contribution in [0.2, 0.25) is 0 Å². The summed E-state index contributed by atoms with van der Waals surface area (Å²) in [6, 6.07) is -0.835. The maximum atomic E-state index is 12.9. The van der Waals surface area contributed by atoms with Crippen molar-refractivity contribution >= 4 is 5.91 Å². The van der Waals surface area contributed by atoms with E-state index in [1.807, 2.05) is 6.08 Å². The van der Waals surface area contributed by atoms with Gasteiger partial charge in [-0.3, -0.25) is 4.79 Å². The molecule has 0 radical (unpaired) electrons. The Kier molecular flexibility index (Phi) is 37.6. The number of carbonyl (C=O) groups is 1. The SMILES string of the molecule is CCCCCCCC/C=C\CCCCCC(=O)NC(COC1OC(CO)C(O)C(O)C1O)C(O)/C=C/CC/C=C/CC/C=C/CCCCCCCCCCCCCCC. The normalized spacial score (nSPS) is 21.1. The Labute approximate surface area is 361 Å². The molecule has 7 unspecified atom stereocenters. The van der Waals surface area contributed by atoms with Crippen LogP contribution in [0.5, 0.6) is 0 Å². The van der Waals surface area contributed by atoms with Gasteiger partial charge in [0.05, 0.1) is 25.4 Å². The first-order chi connectivity index (χ1) is 28.8. The van der Waals surface area contributed by atoms with Gasteiger partial charge in [0.2, 0.25) is 5.91 Å². The van der Waals surface area contributed by atoms with Crippen molar-refractivity contribution < 1.29 is 39.8 Å². The van der Waals surface area contributed by atoms with Gasteiger partial charge in [0.1, 0.15) is 24.4 Å². The number of rotatable bonds is 40. The Morgan fingerprint density at radius 2 is 0.966 bits per heavy atom. The lowest BCUT2D eigenvalue weighted by Crippen LogP contribution is -2.60. The topological polar surface area (TPSA) is 149 Å². The first-order valence-corrected chi connectivity index (χ1v) is 24.4. The largest absolute Gasteiger partial charge is 0.394 e. The zero-order valence-electron chi connectivity index (χ0n) is 37.7. The number of aliphatic hydroxyl groups excluding tert-OH is 5. The summed E-state index contributed by atoms with van der Waals surface area (Å²) < 4.78 is 11.2. The van der Waals surface area contributed by atoms with Crippen molar-refractivity contribution in [3.63, 3.8) is 0 Å². The molecule has 1 aliphatic rings. The molecule has 344 valence electrons. The van der Waals surface area contributed by atoms with Crippen LogP contribution < -0.4 is 5.32 Å². The summed E-state index contributed by atoms with van der Waals surface area (Å²) >= 11 is 0. The molecule has 0 aromatic carbocycles. The first kappa shape index (κ1) is 55.2. The van der Waals surface area contributed by atoms with Gasteiger partial charge in [-0.2, -0.15) is 0 Å². The van der Waals surface area contributed by atoms with Gasteiger partial charge in [-0.05, 0) is 70.6 Å². The van der Waals surface area contributed by atoms with Crippen LogP contribution in [0.25, 0.3) is 0 Å².